The van der Waals surface area contributed by atoms with Gasteiger partial charge in [-0.3, -0.25) is 4.79 Å². The summed E-state index contributed by atoms with van der Waals surface area (Å²) in [6.45, 7) is 6.65. The first-order valence-corrected chi connectivity index (χ1v) is 8.57. The first-order valence-electron chi connectivity index (χ1n) is 8.19. The monoisotopic (exact) mass is 363 g/mol. The summed E-state index contributed by atoms with van der Waals surface area (Å²) in [5.74, 6) is 0.737. The van der Waals surface area contributed by atoms with Crippen LogP contribution in [0.4, 0.5) is 0 Å². The largest absolute Gasteiger partial charge is 0.490 e. The lowest BCUT2D eigenvalue weighted by atomic mass is 9.88. The van der Waals surface area contributed by atoms with Crippen LogP contribution in [0.25, 0.3) is 0 Å². The topological polar surface area (TPSA) is 87.2 Å². The summed E-state index contributed by atoms with van der Waals surface area (Å²) in [5, 5.41) is 13.9. The molecule has 6 nitrogen and oxygen atoms in total. The van der Waals surface area contributed by atoms with Gasteiger partial charge in [-0.1, -0.05) is 25.4 Å². The lowest BCUT2D eigenvalue weighted by molar-refractivity contribution is 0.0932. The Morgan fingerprint density at radius 3 is 2.92 bits per heavy atom. The van der Waals surface area contributed by atoms with Crippen LogP contribution in [0.2, 0.25) is 5.02 Å². The van der Waals surface area contributed by atoms with Gasteiger partial charge in [-0.2, -0.15) is 0 Å². The second-order valence-corrected chi connectivity index (χ2v) is 7.62. The molecule has 1 aromatic carbocycles. The fraction of sp³-hybridized carbons (Fsp3) is 0.444. The number of hydrogen-bond acceptors (Lipinski definition) is 4. The number of halogens is 1. The highest BCUT2D eigenvalue weighted by Gasteiger charge is 2.30. The molecule has 0 saturated heterocycles. The Bertz CT molecular complexity index is 801. The third-order valence-electron chi connectivity index (χ3n) is 4.25. The molecular formula is C18H22ClN3O3. The predicted octanol–water partition coefficient (Wildman–Crippen LogP) is 2.80. The molecule has 0 unspecified atom stereocenters. The average molecular weight is 364 g/mol. The lowest BCUT2D eigenvalue weighted by Gasteiger charge is -2.21. The number of hydrogen-bond donors (Lipinski definition) is 3. The second kappa shape index (κ2) is 6.69. The Morgan fingerprint density at radius 2 is 2.20 bits per heavy atom. The molecule has 7 heteroatoms. The van der Waals surface area contributed by atoms with Crippen molar-refractivity contribution in [3.05, 3.63) is 46.0 Å². The number of ether oxygens (including phenoxy) is 1. The average Bonchev–Trinajstić information content (AvgIpc) is 2.92. The Morgan fingerprint density at radius 1 is 1.44 bits per heavy atom. The number of carbonyl (C=O) groups excluding carboxylic acids is 1. The number of fused-ring (bicyclic) bond motifs is 1. The third kappa shape index (κ3) is 3.96. The van der Waals surface area contributed by atoms with Crippen LogP contribution in [0.3, 0.4) is 0 Å². The maximum Gasteiger partial charge on any atom is 0.271 e. The van der Waals surface area contributed by atoms with Crippen LogP contribution in [-0.4, -0.2) is 34.1 Å². The Balaban J connectivity index is 1.73. The van der Waals surface area contributed by atoms with Gasteiger partial charge in [-0.05, 0) is 42.5 Å². The van der Waals surface area contributed by atoms with Crippen LogP contribution in [0, 0.1) is 12.3 Å². The molecule has 1 aliphatic heterocycles. The van der Waals surface area contributed by atoms with Crippen LogP contribution in [0.15, 0.2) is 18.2 Å². The maximum atomic E-state index is 12.2. The van der Waals surface area contributed by atoms with Crippen LogP contribution in [0.1, 0.15) is 47.5 Å². The lowest BCUT2D eigenvalue weighted by Crippen LogP contribution is -2.32. The minimum Gasteiger partial charge on any atom is -0.490 e. The highest BCUT2D eigenvalue weighted by Crippen LogP contribution is 2.27. The number of aliphatic hydroxyl groups is 1. The van der Waals surface area contributed by atoms with Gasteiger partial charge in [0, 0.05) is 17.3 Å². The van der Waals surface area contributed by atoms with Crippen molar-refractivity contribution in [3.63, 3.8) is 0 Å². The SMILES string of the molecule is Cc1cc(OC[C@@H](O)c2nc3c([nH]2)CC(C)(C)CNC3=O)ccc1Cl. The molecule has 25 heavy (non-hydrogen) atoms. The number of aryl methyl sites for hydroxylation is 1. The van der Waals surface area contributed by atoms with Crippen molar-refractivity contribution in [2.45, 2.75) is 33.3 Å². The second-order valence-electron chi connectivity index (χ2n) is 7.21. The first-order chi connectivity index (χ1) is 11.7. The number of carbonyl (C=O) groups is 1. The molecule has 0 bridgehead atoms. The third-order valence-corrected chi connectivity index (χ3v) is 4.67. The summed E-state index contributed by atoms with van der Waals surface area (Å²) >= 11 is 5.99. The number of benzene rings is 1. The number of rotatable bonds is 4. The van der Waals surface area contributed by atoms with E-state index in [1.165, 1.54) is 0 Å². The van der Waals surface area contributed by atoms with Crippen LogP contribution < -0.4 is 10.1 Å². The van der Waals surface area contributed by atoms with Crippen molar-refractivity contribution in [1.82, 2.24) is 15.3 Å². The number of nitrogens with zero attached hydrogens (tertiary/aromatic N) is 1. The number of imidazole rings is 1. The molecule has 1 atom stereocenters. The van der Waals surface area contributed by atoms with E-state index in [-0.39, 0.29) is 17.9 Å². The van der Waals surface area contributed by atoms with Crippen LogP contribution in [0.5, 0.6) is 5.75 Å². The number of aliphatic hydroxyl groups excluding tert-OH is 1. The van der Waals surface area contributed by atoms with Gasteiger partial charge in [-0.25, -0.2) is 4.98 Å². The standard InChI is InChI=1S/C18H22ClN3O3/c1-10-6-11(4-5-12(10)19)25-8-14(23)16-21-13-7-18(2,3)9-20-17(24)15(13)22-16/h4-6,14,23H,7-9H2,1-3H3,(H,20,24)(H,21,22)/t14-/m1/s1. The van der Waals surface area contributed by atoms with Crippen molar-refractivity contribution in [3.8, 4) is 5.75 Å². The number of amides is 1. The molecular weight excluding hydrogens is 342 g/mol. The summed E-state index contributed by atoms with van der Waals surface area (Å²) in [7, 11) is 0. The van der Waals surface area contributed by atoms with E-state index >= 15 is 0 Å². The number of nitrogens with one attached hydrogen (secondary N) is 2. The van der Waals surface area contributed by atoms with Gasteiger partial charge in [0.1, 0.15) is 30.0 Å². The smallest absolute Gasteiger partial charge is 0.271 e. The van der Waals surface area contributed by atoms with Crippen LogP contribution in [-0.2, 0) is 6.42 Å². The number of aromatic nitrogens is 2. The molecule has 0 spiro atoms. The van der Waals surface area contributed by atoms with Crippen LogP contribution >= 0.6 is 11.6 Å². The quantitative estimate of drug-likeness (QED) is 0.779. The zero-order chi connectivity index (χ0) is 18.2. The van der Waals surface area contributed by atoms with Gasteiger partial charge in [0.05, 0.1) is 0 Å². The predicted molar refractivity (Wildman–Crippen MR) is 95.0 cm³/mol. The zero-order valence-electron chi connectivity index (χ0n) is 14.5. The molecule has 0 radical (unpaired) electrons. The molecule has 0 fully saturated rings. The number of H-pyrrole nitrogens is 1. The van der Waals surface area contributed by atoms with E-state index in [2.05, 4.69) is 29.1 Å². The normalized spacial score (nSPS) is 17.4. The summed E-state index contributed by atoms with van der Waals surface area (Å²) < 4.78 is 5.61. The highest BCUT2D eigenvalue weighted by atomic mass is 35.5. The molecule has 3 N–H and O–H groups in total. The van der Waals surface area contributed by atoms with E-state index < -0.39 is 6.10 Å². The molecule has 2 heterocycles. The van der Waals surface area contributed by atoms with E-state index in [0.717, 1.165) is 11.3 Å². The molecule has 1 amide bonds. The van der Waals surface area contributed by atoms with E-state index in [9.17, 15) is 9.90 Å². The summed E-state index contributed by atoms with van der Waals surface area (Å²) in [6.07, 6.45) is -0.281. The van der Waals surface area contributed by atoms with Crippen molar-refractivity contribution in [2.75, 3.05) is 13.2 Å². The highest BCUT2D eigenvalue weighted by molar-refractivity contribution is 6.31. The Kier molecular flexibility index (Phi) is 4.75. The minimum absolute atomic E-state index is 0.0263. The van der Waals surface area contributed by atoms with Gasteiger partial charge >= 0.3 is 0 Å². The first kappa shape index (κ1) is 17.8. The van der Waals surface area contributed by atoms with Gasteiger partial charge in [0.25, 0.3) is 5.91 Å². The number of aromatic amines is 1. The maximum absolute atomic E-state index is 12.2. The molecule has 1 aromatic heterocycles. The van der Waals surface area contributed by atoms with Crippen molar-refractivity contribution in [1.29, 1.82) is 0 Å². The molecule has 3 rings (SSSR count). The molecule has 1 aliphatic rings. The van der Waals surface area contributed by atoms with E-state index in [1.807, 2.05) is 13.0 Å². The molecule has 2 aromatic rings. The zero-order valence-corrected chi connectivity index (χ0v) is 15.3. The van der Waals surface area contributed by atoms with Gasteiger partial charge in [-0.15, -0.1) is 0 Å². The van der Waals surface area contributed by atoms with Crippen molar-refractivity contribution < 1.29 is 14.6 Å². The van der Waals surface area contributed by atoms with Gasteiger partial charge < -0.3 is 20.1 Å². The minimum atomic E-state index is -0.959. The van der Waals surface area contributed by atoms with Crippen molar-refractivity contribution >= 4 is 17.5 Å². The molecule has 134 valence electrons. The van der Waals surface area contributed by atoms with Gasteiger partial charge in [0.2, 0.25) is 0 Å². The molecule has 0 aliphatic carbocycles. The van der Waals surface area contributed by atoms with E-state index in [4.69, 9.17) is 16.3 Å². The van der Waals surface area contributed by atoms with Gasteiger partial charge in [0.15, 0.2) is 0 Å². The fourth-order valence-electron chi connectivity index (χ4n) is 2.81. The van der Waals surface area contributed by atoms with E-state index in [1.54, 1.807) is 12.1 Å². The Hall–Kier alpha value is -2.05. The summed E-state index contributed by atoms with van der Waals surface area (Å²) in [4.78, 5) is 19.5. The van der Waals surface area contributed by atoms with E-state index in [0.29, 0.717) is 35.3 Å². The Labute approximate surface area is 151 Å². The summed E-state index contributed by atoms with van der Waals surface area (Å²) in [6, 6.07) is 5.30. The summed E-state index contributed by atoms with van der Waals surface area (Å²) in [5.41, 5.74) is 1.92. The van der Waals surface area contributed by atoms with Crippen molar-refractivity contribution in [2.24, 2.45) is 5.41 Å². The fourth-order valence-corrected chi connectivity index (χ4v) is 2.93. The molecule has 0 saturated carbocycles.